The van der Waals surface area contributed by atoms with Gasteiger partial charge in [0.15, 0.2) is 0 Å². The third-order valence-electron chi connectivity index (χ3n) is 4.37. The first-order valence-electron chi connectivity index (χ1n) is 7.60. The fraction of sp³-hybridized carbons (Fsp3) is 0.938. The van der Waals surface area contributed by atoms with E-state index in [1.165, 1.54) is 13.5 Å². The molecule has 3 nitrogen and oxygen atoms in total. The number of hydrogen-bond acceptors (Lipinski definition) is 3. The van der Waals surface area contributed by atoms with Crippen molar-refractivity contribution in [3.63, 3.8) is 0 Å². The molecule has 3 heteroatoms. The van der Waals surface area contributed by atoms with Gasteiger partial charge in [0.25, 0.3) is 0 Å². The van der Waals surface area contributed by atoms with E-state index in [-0.39, 0.29) is 11.9 Å². The van der Waals surface area contributed by atoms with Crippen LogP contribution in [0.5, 0.6) is 0 Å². The summed E-state index contributed by atoms with van der Waals surface area (Å²) in [5.74, 6) is 0.623. The molecule has 0 aliphatic heterocycles. The van der Waals surface area contributed by atoms with E-state index >= 15 is 0 Å². The second-order valence-corrected chi connectivity index (χ2v) is 6.94. The molecule has 1 saturated carbocycles. The monoisotopic (exact) mass is 270 g/mol. The Balaban J connectivity index is 2.84. The van der Waals surface area contributed by atoms with E-state index in [9.17, 15) is 9.90 Å². The average Bonchev–Trinajstić information content (AvgIpc) is 2.26. The van der Waals surface area contributed by atoms with E-state index in [1.54, 1.807) is 0 Å². The summed E-state index contributed by atoms with van der Waals surface area (Å²) in [6.45, 7) is 8.42. The SMILES string of the molecule is COC(=O)C(C(C)C)C1(O)CCCC(CC(C)C)C1. The van der Waals surface area contributed by atoms with E-state index in [0.29, 0.717) is 11.8 Å². The van der Waals surface area contributed by atoms with Gasteiger partial charge in [-0.05, 0) is 37.0 Å². The van der Waals surface area contributed by atoms with Crippen molar-refractivity contribution >= 4 is 5.97 Å². The fourth-order valence-electron chi connectivity index (χ4n) is 3.79. The van der Waals surface area contributed by atoms with Crippen LogP contribution in [0, 0.1) is 23.7 Å². The number of aliphatic hydroxyl groups is 1. The molecule has 112 valence electrons. The van der Waals surface area contributed by atoms with Crippen LogP contribution in [0.1, 0.15) is 59.8 Å². The molecule has 19 heavy (non-hydrogen) atoms. The standard InChI is InChI=1S/C16H30O3/c1-11(2)9-13-7-6-8-16(18,10-13)14(12(3)4)15(17)19-5/h11-14,18H,6-10H2,1-5H3. The number of hydrogen-bond donors (Lipinski definition) is 1. The molecule has 1 N–H and O–H groups in total. The number of carbonyl (C=O) groups excluding carboxylic acids is 1. The highest BCUT2D eigenvalue weighted by atomic mass is 16.5. The fourth-order valence-corrected chi connectivity index (χ4v) is 3.79. The Morgan fingerprint density at radius 2 is 2.00 bits per heavy atom. The van der Waals surface area contributed by atoms with Crippen LogP contribution in [-0.2, 0) is 9.53 Å². The van der Waals surface area contributed by atoms with Gasteiger partial charge in [-0.1, -0.05) is 40.5 Å². The summed E-state index contributed by atoms with van der Waals surface area (Å²) in [7, 11) is 1.41. The predicted molar refractivity (Wildman–Crippen MR) is 76.7 cm³/mol. The summed E-state index contributed by atoms with van der Waals surface area (Å²) in [4.78, 5) is 12.0. The van der Waals surface area contributed by atoms with Crippen LogP contribution in [0.4, 0.5) is 0 Å². The van der Waals surface area contributed by atoms with Crippen molar-refractivity contribution in [2.24, 2.45) is 23.7 Å². The molecule has 0 radical (unpaired) electrons. The van der Waals surface area contributed by atoms with E-state index in [4.69, 9.17) is 4.74 Å². The first-order chi connectivity index (χ1) is 8.80. The highest BCUT2D eigenvalue weighted by molar-refractivity contribution is 5.74. The largest absolute Gasteiger partial charge is 0.469 e. The lowest BCUT2D eigenvalue weighted by Gasteiger charge is -2.43. The molecule has 1 fully saturated rings. The maximum Gasteiger partial charge on any atom is 0.311 e. The molecule has 1 aliphatic carbocycles. The van der Waals surface area contributed by atoms with Gasteiger partial charge >= 0.3 is 5.97 Å². The first kappa shape index (κ1) is 16.5. The maximum atomic E-state index is 12.0. The van der Waals surface area contributed by atoms with Crippen molar-refractivity contribution in [2.75, 3.05) is 7.11 Å². The summed E-state index contributed by atoms with van der Waals surface area (Å²) in [6.07, 6.45) is 4.78. The minimum absolute atomic E-state index is 0.107. The molecule has 0 amide bonds. The minimum atomic E-state index is -0.876. The Kier molecular flexibility index (Phi) is 5.84. The second kappa shape index (κ2) is 6.74. The molecule has 0 aromatic carbocycles. The Bertz CT molecular complexity index is 298. The zero-order chi connectivity index (χ0) is 14.6. The van der Waals surface area contributed by atoms with Crippen molar-refractivity contribution < 1.29 is 14.6 Å². The zero-order valence-electron chi connectivity index (χ0n) is 13.1. The Hall–Kier alpha value is -0.570. The van der Waals surface area contributed by atoms with Crippen LogP contribution in [0.3, 0.4) is 0 Å². The van der Waals surface area contributed by atoms with Gasteiger partial charge in [0.2, 0.25) is 0 Å². The molecule has 0 aromatic heterocycles. The molecule has 1 aliphatic rings. The van der Waals surface area contributed by atoms with Gasteiger partial charge in [0.1, 0.15) is 0 Å². The number of rotatable bonds is 5. The maximum absolute atomic E-state index is 12.0. The molecular formula is C16H30O3. The lowest BCUT2D eigenvalue weighted by atomic mass is 9.66. The van der Waals surface area contributed by atoms with Crippen molar-refractivity contribution in [3.8, 4) is 0 Å². The molecule has 0 heterocycles. The molecular weight excluding hydrogens is 240 g/mol. The van der Waals surface area contributed by atoms with Crippen LogP contribution in [0.15, 0.2) is 0 Å². The summed E-state index contributed by atoms with van der Waals surface area (Å²) in [5, 5.41) is 11.0. The molecule has 1 rings (SSSR count). The molecule has 0 spiro atoms. The molecule has 0 aromatic rings. The van der Waals surface area contributed by atoms with Gasteiger partial charge in [0, 0.05) is 0 Å². The van der Waals surface area contributed by atoms with Gasteiger partial charge < -0.3 is 9.84 Å². The summed E-state index contributed by atoms with van der Waals surface area (Å²) in [5.41, 5.74) is -0.876. The molecule has 0 saturated heterocycles. The highest BCUT2D eigenvalue weighted by Crippen LogP contribution is 2.42. The van der Waals surface area contributed by atoms with Crippen molar-refractivity contribution in [1.29, 1.82) is 0 Å². The van der Waals surface area contributed by atoms with Crippen LogP contribution in [0.25, 0.3) is 0 Å². The third-order valence-corrected chi connectivity index (χ3v) is 4.37. The second-order valence-electron chi connectivity index (χ2n) is 6.94. The van der Waals surface area contributed by atoms with Gasteiger partial charge in [0.05, 0.1) is 18.6 Å². The van der Waals surface area contributed by atoms with Crippen LogP contribution >= 0.6 is 0 Å². The Labute approximate surface area is 117 Å². The summed E-state index contributed by atoms with van der Waals surface area (Å²) < 4.78 is 4.91. The first-order valence-corrected chi connectivity index (χ1v) is 7.60. The smallest absolute Gasteiger partial charge is 0.311 e. The van der Waals surface area contributed by atoms with E-state index < -0.39 is 11.5 Å². The van der Waals surface area contributed by atoms with Crippen LogP contribution < -0.4 is 0 Å². The topological polar surface area (TPSA) is 46.5 Å². The molecule has 3 unspecified atom stereocenters. The zero-order valence-corrected chi connectivity index (χ0v) is 13.1. The van der Waals surface area contributed by atoms with Crippen molar-refractivity contribution in [2.45, 2.75) is 65.4 Å². The lowest BCUT2D eigenvalue weighted by Crippen LogP contribution is -2.49. The van der Waals surface area contributed by atoms with Crippen molar-refractivity contribution in [3.05, 3.63) is 0 Å². The van der Waals surface area contributed by atoms with E-state index in [2.05, 4.69) is 13.8 Å². The third kappa shape index (κ3) is 4.20. The van der Waals surface area contributed by atoms with Gasteiger partial charge in [-0.15, -0.1) is 0 Å². The van der Waals surface area contributed by atoms with Gasteiger partial charge in [-0.2, -0.15) is 0 Å². The number of methoxy groups -OCH3 is 1. The highest BCUT2D eigenvalue weighted by Gasteiger charge is 2.46. The minimum Gasteiger partial charge on any atom is -0.469 e. The molecule has 0 bridgehead atoms. The van der Waals surface area contributed by atoms with Gasteiger partial charge in [-0.3, -0.25) is 4.79 Å². The molecule has 3 atom stereocenters. The average molecular weight is 270 g/mol. The van der Waals surface area contributed by atoms with E-state index in [0.717, 1.165) is 25.7 Å². The summed E-state index contributed by atoms with van der Waals surface area (Å²) in [6, 6.07) is 0. The quantitative estimate of drug-likeness (QED) is 0.779. The van der Waals surface area contributed by atoms with Gasteiger partial charge in [-0.25, -0.2) is 0 Å². The normalized spacial score (nSPS) is 29.6. The summed E-state index contributed by atoms with van der Waals surface area (Å²) >= 11 is 0. The lowest BCUT2D eigenvalue weighted by molar-refractivity contribution is -0.164. The van der Waals surface area contributed by atoms with Crippen LogP contribution in [0.2, 0.25) is 0 Å². The number of carbonyl (C=O) groups is 1. The van der Waals surface area contributed by atoms with Crippen LogP contribution in [-0.4, -0.2) is 23.8 Å². The predicted octanol–water partition coefficient (Wildman–Crippen LogP) is 3.40. The Morgan fingerprint density at radius 3 is 2.47 bits per heavy atom. The number of ether oxygens (including phenoxy) is 1. The Morgan fingerprint density at radius 1 is 1.37 bits per heavy atom. The number of esters is 1. The van der Waals surface area contributed by atoms with Crippen molar-refractivity contribution in [1.82, 2.24) is 0 Å². The van der Waals surface area contributed by atoms with E-state index in [1.807, 2.05) is 13.8 Å².